The van der Waals surface area contributed by atoms with Crippen molar-refractivity contribution >= 4 is 31.9 Å². The van der Waals surface area contributed by atoms with E-state index in [1.807, 2.05) is 0 Å². The minimum absolute atomic E-state index is 0.0613. The van der Waals surface area contributed by atoms with Crippen molar-refractivity contribution in [1.29, 1.82) is 0 Å². The quantitative estimate of drug-likeness (QED) is 0.527. The Labute approximate surface area is 104 Å². The number of halogens is 4. The lowest BCUT2D eigenvalue weighted by Crippen LogP contribution is -2.17. The fourth-order valence-electron chi connectivity index (χ4n) is 1.74. The average molecular weight is 340 g/mol. The normalized spacial score (nSPS) is 18.7. The van der Waals surface area contributed by atoms with Crippen LogP contribution in [0.5, 0.6) is 0 Å². The lowest BCUT2D eigenvalue weighted by molar-refractivity contribution is 0.308. The summed E-state index contributed by atoms with van der Waals surface area (Å²) in [6, 6.07) is 2.47. The van der Waals surface area contributed by atoms with Gasteiger partial charge in [-0.3, -0.25) is 0 Å². The van der Waals surface area contributed by atoms with Crippen molar-refractivity contribution < 1.29 is 8.78 Å². The van der Waals surface area contributed by atoms with Crippen molar-refractivity contribution in [3.05, 3.63) is 33.8 Å². The predicted molar refractivity (Wildman–Crippen MR) is 63.1 cm³/mol. The van der Waals surface area contributed by atoms with Crippen LogP contribution in [0.1, 0.15) is 29.7 Å². The molecule has 0 amide bonds. The smallest absolute Gasteiger partial charge is 0.137 e. The first-order chi connectivity index (χ1) is 7.09. The lowest BCUT2D eigenvalue weighted by atomic mass is 9.81. The maximum absolute atomic E-state index is 13.6. The van der Waals surface area contributed by atoms with Gasteiger partial charge < -0.3 is 0 Å². The molecule has 15 heavy (non-hydrogen) atoms. The largest absolute Gasteiger partial charge is 0.207 e. The summed E-state index contributed by atoms with van der Waals surface area (Å²) >= 11 is 6.42. The Bertz CT molecular complexity index is 375. The van der Waals surface area contributed by atoms with E-state index in [0.717, 1.165) is 12.8 Å². The van der Waals surface area contributed by atoms with Crippen molar-refractivity contribution in [2.24, 2.45) is 5.92 Å². The molecule has 0 N–H and O–H groups in total. The summed E-state index contributed by atoms with van der Waals surface area (Å²) < 4.78 is 27.0. The summed E-state index contributed by atoms with van der Waals surface area (Å²) in [5.74, 6) is -0.313. The molecule has 1 aromatic rings. The number of benzene rings is 1. The van der Waals surface area contributed by atoms with Gasteiger partial charge in [-0.15, -0.1) is 0 Å². The molecule has 1 atom stereocenters. The monoisotopic (exact) mass is 338 g/mol. The van der Waals surface area contributed by atoms with Gasteiger partial charge in [0.25, 0.3) is 0 Å². The molecule has 82 valence electrons. The molecule has 0 spiro atoms. The maximum Gasteiger partial charge on any atom is 0.137 e. The van der Waals surface area contributed by atoms with E-state index in [1.54, 1.807) is 0 Å². The first kappa shape index (κ1) is 11.5. The van der Waals surface area contributed by atoms with Crippen LogP contribution in [-0.2, 0) is 0 Å². The van der Waals surface area contributed by atoms with E-state index < -0.39 is 5.82 Å². The molecule has 1 aromatic carbocycles. The minimum Gasteiger partial charge on any atom is -0.207 e. The van der Waals surface area contributed by atoms with Crippen molar-refractivity contribution in [3.8, 4) is 0 Å². The zero-order valence-corrected chi connectivity index (χ0v) is 11.1. The number of alkyl halides is 1. The van der Waals surface area contributed by atoms with Gasteiger partial charge >= 0.3 is 0 Å². The fraction of sp³-hybridized carbons (Fsp3) is 0.455. The van der Waals surface area contributed by atoms with Gasteiger partial charge in [-0.05, 0) is 46.8 Å². The Hall–Kier alpha value is 0.0400. The molecule has 0 aromatic heterocycles. The number of hydrogen-bond donors (Lipinski definition) is 0. The summed E-state index contributed by atoms with van der Waals surface area (Å²) in [6.07, 6.45) is 3.37. The third kappa shape index (κ3) is 2.26. The van der Waals surface area contributed by atoms with Crippen molar-refractivity contribution in [2.75, 3.05) is 0 Å². The van der Waals surface area contributed by atoms with Crippen molar-refractivity contribution in [3.63, 3.8) is 0 Å². The predicted octanol–water partition coefficient (Wildman–Crippen LogP) is 4.96. The van der Waals surface area contributed by atoms with Gasteiger partial charge in [-0.25, -0.2) is 8.78 Å². The second-order valence-corrected chi connectivity index (χ2v) is 5.72. The summed E-state index contributed by atoms with van der Waals surface area (Å²) in [5.41, 5.74) is 0.431. The molecule has 0 bridgehead atoms. The van der Waals surface area contributed by atoms with E-state index in [-0.39, 0.29) is 15.1 Å². The molecule has 1 saturated carbocycles. The van der Waals surface area contributed by atoms with E-state index >= 15 is 0 Å². The first-order valence-corrected chi connectivity index (χ1v) is 6.59. The minimum atomic E-state index is -0.407. The molecule has 1 aliphatic carbocycles. The Balaban J connectivity index is 2.30. The Kier molecular flexibility index (Phi) is 3.45. The average Bonchev–Trinajstić information content (AvgIpc) is 2.08. The van der Waals surface area contributed by atoms with Crippen LogP contribution < -0.4 is 0 Å². The van der Waals surface area contributed by atoms with Gasteiger partial charge in [-0.2, -0.15) is 0 Å². The van der Waals surface area contributed by atoms with Crippen molar-refractivity contribution in [2.45, 2.75) is 24.1 Å². The van der Waals surface area contributed by atoms with Gasteiger partial charge in [-0.1, -0.05) is 22.4 Å². The van der Waals surface area contributed by atoms with Crippen LogP contribution >= 0.6 is 31.9 Å². The fourth-order valence-corrected chi connectivity index (χ4v) is 2.93. The SMILES string of the molecule is Fc1cc(C(Br)C2CCC2)c(F)cc1Br. The van der Waals surface area contributed by atoms with Crippen LogP contribution in [-0.4, -0.2) is 0 Å². The van der Waals surface area contributed by atoms with E-state index in [0.29, 0.717) is 11.5 Å². The Morgan fingerprint density at radius 2 is 1.87 bits per heavy atom. The van der Waals surface area contributed by atoms with E-state index in [1.165, 1.54) is 18.6 Å². The summed E-state index contributed by atoms with van der Waals surface area (Å²) in [5, 5.41) is 0. The third-order valence-corrected chi connectivity index (χ3v) is 4.75. The first-order valence-electron chi connectivity index (χ1n) is 4.88. The summed E-state index contributed by atoms with van der Waals surface area (Å²) in [4.78, 5) is -0.0613. The molecule has 1 unspecified atom stereocenters. The molecule has 0 nitrogen and oxygen atoms in total. The van der Waals surface area contributed by atoms with Crippen LogP contribution in [0.3, 0.4) is 0 Å². The second kappa shape index (κ2) is 4.50. The molecule has 0 saturated heterocycles. The number of hydrogen-bond acceptors (Lipinski definition) is 0. The summed E-state index contributed by atoms with van der Waals surface area (Å²) in [6.45, 7) is 0. The Morgan fingerprint density at radius 3 is 2.40 bits per heavy atom. The van der Waals surface area contributed by atoms with Gasteiger partial charge in [0.2, 0.25) is 0 Å². The zero-order valence-electron chi connectivity index (χ0n) is 7.94. The van der Waals surface area contributed by atoms with E-state index in [4.69, 9.17) is 0 Å². The molecular formula is C11H10Br2F2. The van der Waals surface area contributed by atoms with Crippen LogP contribution in [0.2, 0.25) is 0 Å². The van der Waals surface area contributed by atoms with Gasteiger partial charge in [0, 0.05) is 10.4 Å². The molecule has 1 fully saturated rings. The van der Waals surface area contributed by atoms with Gasteiger partial charge in [0.15, 0.2) is 0 Å². The maximum atomic E-state index is 13.6. The highest BCUT2D eigenvalue weighted by Crippen LogP contribution is 2.44. The molecule has 4 heteroatoms. The lowest BCUT2D eigenvalue weighted by Gasteiger charge is -2.30. The topological polar surface area (TPSA) is 0 Å². The highest BCUT2D eigenvalue weighted by atomic mass is 79.9. The molecular weight excluding hydrogens is 330 g/mol. The van der Waals surface area contributed by atoms with E-state index in [9.17, 15) is 8.78 Å². The molecule has 2 rings (SSSR count). The van der Waals surface area contributed by atoms with Crippen LogP contribution in [0, 0.1) is 17.6 Å². The molecule has 1 aliphatic rings. The highest BCUT2D eigenvalue weighted by molar-refractivity contribution is 9.10. The number of rotatable bonds is 2. The zero-order chi connectivity index (χ0) is 11.0. The van der Waals surface area contributed by atoms with Gasteiger partial charge in [0.1, 0.15) is 11.6 Å². The van der Waals surface area contributed by atoms with Gasteiger partial charge in [0.05, 0.1) is 4.47 Å². The van der Waals surface area contributed by atoms with E-state index in [2.05, 4.69) is 31.9 Å². The van der Waals surface area contributed by atoms with Crippen molar-refractivity contribution in [1.82, 2.24) is 0 Å². The standard InChI is InChI=1S/C11H10Br2F2/c12-8-5-9(14)7(4-10(8)15)11(13)6-2-1-3-6/h4-6,11H,1-3H2. The van der Waals surface area contributed by atoms with Crippen LogP contribution in [0.4, 0.5) is 8.78 Å². The molecule has 0 aliphatic heterocycles. The third-order valence-electron chi connectivity index (χ3n) is 2.90. The Morgan fingerprint density at radius 1 is 1.20 bits per heavy atom. The van der Waals surface area contributed by atoms with Crippen LogP contribution in [0.15, 0.2) is 16.6 Å². The summed E-state index contributed by atoms with van der Waals surface area (Å²) in [7, 11) is 0. The molecule has 0 heterocycles. The molecule has 0 radical (unpaired) electrons. The van der Waals surface area contributed by atoms with Crippen LogP contribution in [0.25, 0.3) is 0 Å². The highest BCUT2D eigenvalue weighted by Gasteiger charge is 2.28. The second-order valence-electron chi connectivity index (χ2n) is 3.88.